The van der Waals surface area contributed by atoms with Crippen LogP contribution in [-0.4, -0.2) is 18.5 Å². The molecule has 1 fully saturated rings. The number of carbonyl (C=O) groups excluding carboxylic acids is 1. The summed E-state index contributed by atoms with van der Waals surface area (Å²) in [6.07, 6.45) is 1.33. The molecule has 1 saturated heterocycles. The average molecular weight is 289 g/mol. The summed E-state index contributed by atoms with van der Waals surface area (Å²) in [5, 5.41) is 0. The molecule has 1 aromatic heterocycles. The van der Waals surface area contributed by atoms with Crippen molar-refractivity contribution in [2.45, 2.75) is 25.9 Å². The third-order valence-corrected chi connectivity index (χ3v) is 4.31. The Balaban J connectivity index is 1.97. The van der Waals surface area contributed by atoms with E-state index in [9.17, 15) is 4.79 Å². The van der Waals surface area contributed by atoms with Crippen LogP contribution >= 0.6 is 27.3 Å². The first-order valence-electron chi connectivity index (χ1n) is 5.05. The first-order valence-corrected chi connectivity index (χ1v) is 6.66. The maximum absolute atomic E-state index is 11.9. The number of carbonyl (C=O) groups is 1. The Hall–Kier alpha value is -0.190. The molecular formula is C11H13BrO2S. The maximum atomic E-state index is 11.9. The van der Waals surface area contributed by atoms with E-state index in [0.29, 0.717) is 12.3 Å². The van der Waals surface area contributed by atoms with E-state index in [1.165, 1.54) is 0 Å². The number of hydrogen-bond donors (Lipinski definition) is 0. The van der Waals surface area contributed by atoms with Gasteiger partial charge in [0, 0.05) is 17.9 Å². The summed E-state index contributed by atoms with van der Waals surface area (Å²) in [4.78, 5) is 13.0. The second kappa shape index (κ2) is 4.76. The molecule has 2 rings (SSSR count). The molecule has 2 unspecified atom stereocenters. The first-order chi connectivity index (χ1) is 7.16. The summed E-state index contributed by atoms with van der Waals surface area (Å²) < 4.78 is 6.52. The molecule has 4 heteroatoms. The van der Waals surface area contributed by atoms with Gasteiger partial charge in [-0.05, 0) is 40.4 Å². The molecule has 0 saturated carbocycles. The van der Waals surface area contributed by atoms with Crippen molar-refractivity contribution in [3.05, 3.63) is 20.8 Å². The summed E-state index contributed by atoms with van der Waals surface area (Å²) >= 11 is 5.01. The molecule has 1 aliphatic heterocycles. The average Bonchev–Trinajstić information content (AvgIpc) is 2.75. The highest BCUT2D eigenvalue weighted by atomic mass is 79.9. The number of rotatable bonds is 3. The van der Waals surface area contributed by atoms with Gasteiger partial charge in [0.05, 0.1) is 3.79 Å². The lowest BCUT2D eigenvalue weighted by molar-refractivity contribution is -0.128. The molecule has 0 radical (unpaired) electrons. The predicted octanol–water partition coefficient (Wildman–Crippen LogP) is 3.05. The summed E-state index contributed by atoms with van der Waals surface area (Å²) in [5.74, 6) is 0.593. The molecule has 2 nitrogen and oxygen atoms in total. The molecule has 0 aliphatic carbocycles. The molecular weight excluding hydrogens is 276 g/mol. The van der Waals surface area contributed by atoms with Gasteiger partial charge in [-0.1, -0.05) is 6.92 Å². The van der Waals surface area contributed by atoms with Gasteiger partial charge in [-0.15, -0.1) is 11.3 Å². The summed E-state index contributed by atoms with van der Waals surface area (Å²) in [7, 11) is 0. The molecule has 0 spiro atoms. The Morgan fingerprint density at radius 3 is 3.00 bits per heavy atom. The molecule has 1 aromatic rings. The molecule has 0 aromatic carbocycles. The third kappa shape index (κ3) is 2.68. The Bertz CT molecular complexity index is 361. The van der Waals surface area contributed by atoms with Crippen LogP contribution in [0.5, 0.6) is 0 Å². The van der Waals surface area contributed by atoms with E-state index in [0.717, 1.165) is 21.7 Å². The second-order valence-electron chi connectivity index (χ2n) is 3.91. The van der Waals surface area contributed by atoms with Gasteiger partial charge in [-0.3, -0.25) is 4.79 Å². The van der Waals surface area contributed by atoms with Crippen LogP contribution < -0.4 is 0 Å². The highest BCUT2D eigenvalue weighted by Crippen LogP contribution is 2.26. The quantitative estimate of drug-likeness (QED) is 0.855. The molecule has 0 amide bonds. The second-order valence-corrected chi connectivity index (χ2v) is 6.45. The van der Waals surface area contributed by atoms with Gasteiger partial charge < -0.3 is 4.74 Å². The lowest BCUT2D eigenvalue weighted by Crippen LogP contribution is -2.26. The molecule has 82 valence electrons. The highest BCUT2D eigenvalue weighted by Gasteiger charge is 2.30. The van der Waals surface area contributed by atoms with E-state index in [4.69, 9.17) is 4.74 Å². The summed E-state index contributed by atoms with van der Waals surface area (Å²) in [5.41, 5.74) is 0. The number of ketones is 1. The molecule has 15 heavy (non-hydrogen) atoms. The van der Waals surface area contributed by atoms with Crippen LogP contribution in [-0.2, 0) is 16.0 Å². The number of halogens is 1. The van der Waals surface area contributed by atoms with Gasteiger partial charge in [0.15, 0.2) is 5.78 Å². The van der Waals surface area contributed by atoms with Crippen molar-refractivity contribution < 1.29 is 9.53 Å². The lowest BCUT2D eigenvalue weighted by Gasteiger charge is -2.12. The van der Waals surface area contributed by atoms with Crippen LogP contribution in [0.4, 0.5) is 0 Å². The van der Waals surface area contributed by atoms with Crippen molar-refractivity contribution >= 4 is 33.0 Å². The fourth-order valence-electron chi connectivity index (χ4n) is 1.83. The van der Waals surface area contributed by atoms with Crippen molar-refractivity contribution in [1.29, 1.82) is 0 Å². The number of thiophene rings is 1. The first kappa shape index (κ1) is 11.3. The van der Waals surface area contributed by atoms with Crippen LogP contribution in [0, 0.1) is 5.92 Å². The highest BCUT2D eigenvalue weighted by molar-refractivity contribution is 9.11. The van der Waals surface area contributed by atoms with Crippen molar-refractivity contribution in [1.82, 2.24) is 0 Å². The number of Topliss-reactive ketones (excluding diaryl/α,β-unsaturated/α-hetero) is 1. The molecule has 0 bridgehead atoms. The number of ether oxygens (including phenoxy) is 1. The van der Waals surface area contributed by atoms with E-state index < -0.39 is 0 Å². The molecule has 0 N–H and O–H groups in total. The Morgan fingerprint density at radius 2 is 2.47 bits per heavy atom. The normalized spacial score (nSPS) is 25.7. The fourth-order valence-corrected chi connectivity index (χ4v) is 3.32. The summed E-state index contributed by atoms with van der Waals surface area (Å²) in [6, 6.07) is 3.97. The predicted molar refractivity (Wildman–Crippen MR) is 64.3 cm³/mol. The minimum absolute atomic E-state index is 0.175. The minimum Gasteiger partial charge on any atom is -0.370 e. The lowest BCUT2D eigenvalue weighted by atomic mass is 9.99. The smallest absolute Gasteiger partial charge is 0.166 e. The summed E-state index contributed by atoms with van der Waals surface area (Å²) in [6.45, 7) is 2.81. The van der Waals surface area contributed by atoms with Gasteiger partial charge in [0.25, 0.3) is 0 Å². The monoisotopic (exact) mass is 288 g/mol. The van der Waals surface area contributed by atoms with Crippen molar-refractivity contribution in [3.63, 3.8) is 0 Å². The topological polar surface area (TPSA) is 26.3 Å². The van der Waals surface area contributed by atoms with Gasteiger partial charge in [-0.2, -0.15) is 0 Å². The zero-order valence-electron chi connectivity index (χ0n) is 8.53. The minimum atomic E-state index is -0.175. The van der Waals surface area contributed by atoms with Crippen LogP contribution in [0.1, 0.15) is 18.2 Å². The molecule has 2 heterocycles. The van der Waals surface area contributed by atoms with E-state index in [1.807, 2.05) is 12.1 Å². The molecule has 2 atom stereocenters. The van der Waals surface area contributed by atoms with E-state index in [-0.39, 0.29) is 11.9 Å². The van der Waals surface area contributed by atoms with Crippen LogP contribution in [0.3, 0.4) is 0 Å². The largest absolute Gasteiger partial charge is 0.370 e. The van der Waals surface area contributed by atoms with Crippen molar-refractivity contribution in [2.75, 3.05) is 6.61 Å². The van der Waals surface area contributed by atoms with Crippen LogP contribution in [0.25, 0.3) is 0 Å². The van der Waals surface area contributed by atoms with Gasteiger partial charge >= 0.3 is 0 Å². The van der Waals surface area contributed by atoms with Gasteiger partial charge in [-0.25, -0.2) is 0 Å². The van der Waals surface area contributed by atoms with E-state index in [2.05, 4.69) is 22.9 Å². The maximum Gasteiger partial charge on any atom is 0.166 e. The van der Waals surface area contributed by atoms with E-state index in [1.54, 1.807) is 11.3 Å². The standard InChI is InChI=1S/C11H13BrO2S/c1-7-4-5-14-11(7)9(13)6-8-2-3-10(12)15-8/h2-3,7,11H,4-6H2,1H3. The van der Waals surface area contributed by atoms with Crippen molar-refractivity contribution in [2.24, 2.45) is 5.92 Å². The Labute approximate surface area is 102 Å². The van der Waals surface area contributed by atoms with Crippen LogP contribution in [0.15, 0.2) is 15.9 Å². The number of hydrogen-bond acceptors (Lipinski definition) is 3. The fraction of sp³-hybridized carbons (Fsp3) is 0.545. The molecule has 1 aliphatic rings. The van der Waals surface area contributed by atoms with Crippen molar-refractivity contribution in [3.8, 4) is 0 Å². The third-order valence-electron chi connectivity index (χ3n) is 2.68. The zero-order valence-corrected chi connectivity index (χ0v) is 10.9. The van der Waals surface area contributed by atoms with Crippen LogP contribution in [0.2, 0.25) is 0 Å². The van der Waals surface area contributed by atoms with Gasteiger partial charge in [0.1, 0.15) is 6.10 Å². The van der Waals surface area contributed by atoms with E-state index >= 15 is 0 Å². The Morgan fingerprint density at radius 1 is 1.67 bits per heavy atom. The zero-order chi connectivity index (χ0) is 10.8. The SMILES string of the molecule is CC1CCOC1C(=O)Cc1ccc(Br)s1. The van der Waals surface area contributed by atoms with Gasteiger partial charge in [0.2, 0.25) is 0 Å². The Kier molecular flexibility index (Phi) is 3.59.